The molecule has 0 bridgehead atoms. The molecule has 1 N–H and O–H groups in total. The van der Waals surface area contributed by atoms with Crippen molar-refractivity contribution in [3.8, 4) is 0 Å². The summed E-state index contributed by atoms with van der Waals surface area (Å²) in [5, 5.41) is 3.20. The van der Waals surface area contributed by atoms with E-state index < -0.39 is 0 Å². The summed E-state index contributed by atoms with van der Waals surface area (Å²) in [6.45, 7) is 4.52. The van der Waals surface area contributed by atoms with E-state index in [-0.39, 0.29) is 25.0 Å². The van der Waals surface area contributed by atoms with E-state index in [1.165, 1.54) is 14.2 Å². The number of methoxy groups -OCH3 is 2. The van der Waals surface area contributed by atoms with Crippen LogP contribution in [0.4, 0.5) is 0 Å². The molecule has 0 amide bonds. The van der Waals surface area contributed by atoms with Crippen molar-refractivity contribution < 1.29 is 19.1 Å². The van der Waals surface area contributed by atoms with Gasteiger partial charge < -0.3 is 14.8 Å². The molecule has 0 saturated heterocycles. The van der Waals surface area contributed by atoms with Crippen molar-refractivity contribution in [1.82, 2.24) is 10.2 Å². The summed E-state index contributed by atoms with van der Waals surface area (Å²) in [7, 11) is 2.65. The van der Waals surface area contributed by atoms with Gasteiger partial charge in [-0.05, 0) is 13.0 Å². The summed E-state index contributed by atoms with van der Waals surface area (Å²) < 4.78 is 9.14. The van der Waals surface area contributed by atoms with E-state index in [0.29, 0.717) is 6.54 Å². The largest absolute Gasteiger partial charge is 0.468 e. The van der Waals surface area contributed by atoms with E-state index >= 15 is 0 Å². The van der Waals surface area contributed by atoms with Crippen LogP contribution in [-0.2, 0) is 19.1 Å². The maximum atomic E-state index is 11.1. The predicted molar refractivity (Wildman–Crippen MR) is 63.6 cm³/mol. The van der Waals surface area contributed by atoms with Gasteiger partial charge in [-0.15, -0.1) is 0 Å². The zero-order valence-electron chi connectivity index (χ0n) is 10.8. The molecule has 100 valence electrons. The summed E-state index contributed by atoms with van der Waals surface area (Å²) in [5.74, 6) is -0.714. The van der Waals surface area contributed by atoms with Gasteiger partial charge in [0, 0.05) is 13.1 Å². The average molecular weight is 246 g/mol. The Balaban J connectivity index is 4.01. The number of esters is 2. The molecular weight excluding hydrogens is 224 g/mol. The van der Waals surface area contributed by atoms with Crippen molar-refractivity contribution in [2.45, 2.75) is 13.3 Å². The lowest BCUT2D eigenvalue weighted by Gasteiger charge is -2.19. The van der Waals surface area contributed by atoms with E-state index in [0.717, 1.165) is 19.5 Å². The topological polar surface area (TPSA) is 67.9 Å². The monoisotopic (exact) mass is 246 g/mol. The van der Waals surface area contributed by atoms with Gasteiger partial charge in [0.05, 0.1) is 27.3 Å². The van der Waals surface area contributed by atoms with Crippen molar-refractivity contribution in [3.05, 3.63) is 0 Å². The average Bonchev–Trinajstić information content (AvgIpc) is 2.33. The summed E-state index contributed by atoms with van der Waals surface area (Å²) in [6, 6.07) is 0. The molecule has 0 aliphatic rings. The molecule has 0 spiro atoms. The molecule has 0 saturated carbocycles. The maximum Gasteiger partial charge on any atom is 0.319 e. The number of nitrogens with one attached hydrogen (secondary N) is 1. The van der Waals surface area contributed by atoms with Gasteiger partial charge in [0.15, 0.2) is 0 Å². The van der Waals surface area contributed by atoms with Crippen LogP contribution in [0.1, 0.15) is 13.3 Å². The normalized spacial score (nSPS) is 10.4. The zero-order chi connectivity index (χ0) is 13.1. The standard InChI is InChI=1S/C11H22N2O4/c1-4-5-12-6-7-13(8-10(14)16-2)9-11(15)17-3/h12H,4-9H2,1-3H3. The van der Waals surface area contributed by atoms with E-state index in [2.05, 4.69) is 21.7 Å². The number of hydrogen-bond acceptors (Lipinski definition) is 6. The molecule has 0 rings (SSSR count). The van der Waals surface area contributed by atoms with Crippen LogP contribution in [0.3, 0.4) is 0 Å². The quantitative estimate of drug-likeness (QED) is 0.442. The van der Waals surface area contributed by atoms with Crippen LogP contribution in [0.2, 0.25) is 0 Å². The molecule has 0 unspecified atom stereocenters. The molecule has 0 aromatic heterocycles. The Morgan fingerprint density at radius 2 is 1.59 bits per heavy atom. The first kappa shape index (κ1) is 15.9. The van der Waals surface area contributed by atoms with E-state index in [4.69, 9.17) is 0 Å². The molecule has 6 nitrogen and oxygen atoms in total. The molecule has 17 heavy (non-hydrogen) atoms. The Labute approximate surface area is 102 Å². The predicted octanol–water partition coefficient (Wildman–Crippen LogP) is -0.366. The van der Waals surface area contributed by atoms with Gasteiger partial charge >= 0.3 is 11.9 Å². The molecular formula is C11H22N2O4. The van der Waals surface area contributed by atoms with Gasteiger partial charge in [0.2, 0.25) is 0 Å². The van der Waals surface area contributed by atoms with Gasteiger partial charge in [-0.25, -0.2) is 0 Å². The number of hydrogen-bond donors (Lipinski definition) is 1. The van der Waals surface area contributed by atoms with Crippen LogP contribution in [0, 0.1) is 0 Å². The third-order valence-electron chi connectivity index (χ3n) is 2.19. The van der Waals surface area contributed by atoms with Gasteiger partial charge in [-0.2, -0.15) is 0 Å². The Bertz CT molecular complexity index is 216. The van der Waals surface area contributed by atoms with Crippen molar-refractivity contribution in [2.75, 3.05) is 46.9 Å². The lowest BCUT2D eigenvalue weighted by molar-refractivity contribution is -0.145. The first-order chi connectivity index (χ1) is 8.13. The smallest absolute Gasteiger partial charge is 0.319 e. The van der Waals surface area contributed by atoms with Crippen LogP contribution in [0.5, 0.6) is 0 Å². The number of carbonyl (C=O) groups excluding carboxylic acids is 2. The van der Waals surface area contributed by atoms with Gasteiger partial charge in [0.25, 0.3) is 0 Å². The van der Waals surface area contributed by atoms with Crippen LogP contribution < -0.4 is 5.32 Å². The SMILES string of the molecule is CCCNCCN(CC(=O)OC)CC(=O)OC. The first-order valence-electron chi connectivity index (χ1n) is 5.70. The van der Waals surface area contributed by atoms with Crippen molar-refractivity contribution in [1.29, 1.82) is 0 Å². The molecule has 0 aliphatic carbocycles. The molecule has 0 heterocycles. The lowest BCUT2D eigenvalue weighted by Crippen LogP contribution is -2.39. The fourth-order valence-corrected chi connectivity index (χ4v) is 1.25. The van der Waals surface area contributed by atoms with Crippen LogP contribution >= 0.6 is 0 Å². The summed E-state index contributed by atoms with van der Waals surface area (Å²) >= 11 is 0. The zero-order valence-corrected chi connectivity index (χ0v) is 10.8. The van der Waals surface area contributed by atoms with Crippen molar-refractivity contribution in [2.24, 2.45) is 0 Å². The minimum Gasteiger partial charge on any atom is -0.468 e. The molecule has 0 fully saturated rings. The van der Waals surface area contributed by atoms with Crippen LogP contribution in [0.25, 0.3) is 0 Å². The highest BCUT2D eigenvalue weighted by Crippen LogP contribution is 1.91. The highest BCUT2D eigenvalue weighted by atomic mass is 16.5. The molecule has 0 atom stereocenters. The van der Waals surface area contributed by atoms with E-state index in [1.54, 1.807) is 4.90 Å². The minimum absolute atomic E-state index is 0.0966. The second-order valence-electron chi connectivity index (χ2n) is 3.61. The molecule has 6 heteroatoms. The number of rotatable bonds is 9. The summed E-state index contributed by atoms with van der Waals surface area (Å²) in [5.41, 5.74) is 0. The Morgan fingerprint density at radius 1 is 1.06 bits per heavy atom. The minimum atomic E-state index is -0.357. The fourth-order valence-electron chi connectivity index (χ4n) is 1.25. The third kappa shape index (κ3) is 8.65. The van der Waals surface area contributed by atoms with E-state index in [9.17, 15) is 9.59 Å². The first-order valence-corrected chi connectivity index (χ1v) is 5.70. The van der Waals surface area contributed by atoms with E-state index in [1.807, 2.05) is 0 Å². The second kappa shape index (κ2) is 10.0. The van der Waals surface area contributed by atoms with Crippen LogP contribution in [0.15, 0.2) is 0 Å². The highest BCUT2D eigenvalue weighted by molar-refractivity contribution is 5.74. The Kier molecular flexibility index (Phi) is 9.37. The van der Waals surface area contributed by atoms with Crippen molar-refractivity contribution in [3.63, 3.8) is 0 Å². The summed E-state index contributed by atoms with van der Waals surface area (Å²) in [4.78, 5) is 24.0. The molecule has 0 aromatic rings. The van der Waals surface area contributed by atoms with Crippen molar-refractivity contribution >= 4 is 11.9 Å². The highest BCUT2D eigenvalue weighted by Gasteiger charge is 2.14. The lowest BCUT2D eigenvalue weighted by atomic mass is 10.4. The fraction of sp³-hybridized carbons (Fsp3) is 0.818. The van der Waals surface area contributed by atoms with Gasteiger partial charge in [0.1, 0.15) is 0 Å². The Hall–Kier alpha value is -1.14. The number of carbonyl (C=O) groups is 2. The van der Waals surface area contributed by atoms with Gasteiger partial charge in [-0.1, -0.05) is 6.92 Å². The second-order valence-corrected chi connectivity index (χ2v) is 3.61. The maximum absolute atomic E-state index is 11.1. The Morgan fingerprint density at radius 3 is 2.00 bits per heavy atom. The number of ether oxygens (including phenoxy) is 2. The molecule has 0 aliphatic heterocycles. The van der Waals surface area contributed by atoms with Crippen LogP contribution in [-0.4, -0.2) is 63.8 Å². The van der Waals surface area contributed by atoms with Gasteiger partial charge in [-0.3, -0.25) is 14.5 Å². The summed E-state index contributed by atoms with van der Waals surface area (Å²) in [6.07, 6.45) is 1.05. The third-order valence-corrected chi connectivity index (χ3v) is 2.19. The molecule has 0 aromatic carbocycles. The molecule has 0 radical (unpaired) electrons. The number of nitrogens with zero attached hydrogens (tertiary/aromatic N) is 1.